The molecule has 1 aliphatic heterocycles. The smallest absolute Gasteiger partial charge is 0.293 e. The van der Waals surface area contributed by atoms with Crippen LogP contribution in [0.15, 0.2) is 29.2 Å². The van der Waals surface area contributed by atoms with Crippen molar-refractivity contribution in [3.8, 4) is 0 Å². The molecule has 134 valence electrons. The summed E-state index contributed by atoms with van der Waals surface area (Å²) in [6.07, 6.45) is 1.39. The number of amides is 2. The fourth-order valence-electron chi connectivity index (χ4n) is 2.04. The van der Waals surface area contributed by atoms with Crippen LogP contribution in [-0.4, -0.2) is 54.5 Å². The second kappa shape index (κ2) is 9.50. The van der Waals surface area contributed by atoms with E-state index in [4.69, 9.17) is 17.0 Å². The minimum absolute atomic E-state index is 0.172. The van der Waals surface area contributed by atoms with Gasteiger partial charge in [0.1, 0.15) is 5.82 Å². The quantitative estimate of drug-likeness (QED) is 0.424. The molecule has 2 amide bonds. The number of nitrogens with zero attached hydrogens (tertiary/aromatic N) is 1. The minimum Gasteiger partial charge on any atom is -0.383 e. The van der Waals surface area contributed by atoms with E-state index in [0.717, 1.165) is 16.7 Å². The molecule has 1 fully saturated rings. The van der Waals surface area contributed by atoms with Crippen molar-refractivity contribution in [3.05, 3.63) is 40.6 Å². The number of carbonyl (C=O) groups excluding carboxylic acids is 2. The van der Waals surface area contributed by atoms with Gasteiger partial charge in [0.2, 0.25) is 0 Å². The van der Waals surface area contributed by atoms with E-state index in [0.29, 0.717) is 24.8 Å². The number of nitrogens with one attached hydrogen (secondary N) is 2. The zero-order valence-electron chi connectivity index (χ0n) is 13.6. The van der Waals surface area contributed by atoms with E-state index in [1.807, 2.05) is 0 Å². The highest BCUT2D eigenvalue weighted by Crippen LogP contribution is 2.32. The third-order valence-electron chi connectivity index (χ3n) is 3.28. The summed E-state index contributed by atoms with van der Waals surface area (Å²) in [6.45, 7) is 1.58. The molecule has 0 aliphatic carbocycles. The molecule has 2 N–H and O–H groups in total. The molecule has 2 rings (SSSR count). The number of imide groups is 1. The first-order chi connectivity index (χ1) is 12.0. The largest absolute Gasteiger partial charge is 0.383 e. The number of thiocarbonyl (C=S) groups is 1. The number of benzene rings is 1. The van der Waals surface area contributed by atoms with Crippen LogP contribution in [0.3, 0.4) is 0 Å². The van der Waals surface area contributed by atoms with Crippen LogP contribution in [0.5, 0.6) is 0 Å². The molecular formula is C16H18FN3O3S2. The fourth-order valence-corrected chi connectivity index (χ4v) is 3.10. The molecule has 1 aliphatic rings. The fraction of sp³-hybridized carbons (Fsp3) is 0.312. The Balaban J connectivity index is 1.89. The first kappa shape index (κ1) is 19.4. The van der Waals surface area contributed by atoms with E-state index >= 15 is 0 Å². The Kier molecular flexibility index (Phi) is 7.35. The molecule has 25 heavy (non-hydrogen) atoms. The predicted octanol–water partition coefficient (Wildman–Crippen LogP) is 1.97. The van der Waals surface area contributed by atoms with Gasteiger partial charge in [-0.3, -0.25) is 14.5 Å². The van der Waals surface area contributed by atoms with Gasteiger partial charge in [0.15, 0.2) is 5.11 Å². The number of rotatable bonds is 7. The highest BCUT2D eigenvalue weighted by atomic mass is 32.2. The van der Waals surface area contributed by atoms with E-state index in [-0.39, 0.29) is 22.3 Å². The second-order valence-corrected chi connectivity index (χ2v) is 6.43. The molecule has 0 bridgehead atoms. The summed E-state index contributed by atoms with van der Waals surface area (Å²) in [7, 11) is 1.59. The lowest BCUT2D eigenvalue weighted by atomic mass is 10.2. The lowest BCUT2D eigenvalue weighted by Crippen LogP contribution is -2.42. The molecule has 0 saturated carbocycles. The van der Waals surface area contributed by atoms with E-state index in [2.05, 4.69) is 10.6 Å². The Morgan fingerprint density at radius 2 is 2.04 bits per heavy atom. The molecule has 0 aromatic heterocycles. The van der Waals surface area contributed by atoms with Gasteiger partial charge in [0, 0.05) is 32.3 Å². The maximum absolute atomic E-state index is 13.7. The summed E-state index contributed by atoms with van der Waals surface area (Å²) in [6, 6.07) is 6.08. The third kappa shape index (κ3) is 5.52. The Morgan fingerprint density at radius 3 is 2.76 bits per heavy atom. The molecule has 0 radical (unpaired) electrons. The van der Waals surface area contributed by atoms with Gasteiger partial charge in [-0.25, -0.2) is 4.39 Å². The zero-order valence-corrected chi connectivity index (χ0v) is 15.2. The number of ether oxygens (including phenoxy) is 1. The maximum Gasteiger partial charge on any atom is 0.293 e. The molecule has 1 aromatic rings. The van der Waals surface area contributed by atoms with Gasteiger partial charge in [0.05, 0.1) is 11.5 Å². The number of halogens is 1. The van der Waals surface area contributed by atoms with Gasteiger partial charge < -0.3 is 15.4 Å². The topological polar surface area (TPSA) is 70.7 Å². The summed E-state index contributed by atoms with van der Waals surface area (Å²) in [5.74, 6) is -0.873. The van der Waals surface area contributed by atoms with Gasteiger partial charge in [-0.1, -0.05) is 18.2 Å². The van der Waals surface area contributed by atoms with Crippen LogP contribution >= 0.6 is 24.0 Å². The highest BCUT2D eigenvalue weighted by molar-refractivity contribution is 8.18. The molecule has 0 spiro atoms. The monoisotopic (exact) mass is 383 g/mol. The predicted molar refractivity (Wildman–Crippen MR) is 99.6 cm³/mol. The SMILES string of the molecule is COCCNC(=S)NCCN1C(=O)S/C(=C\c2ccccc2F)C1=O. The number of hydrogen-bond acceptors (Lipinski definition) is 5. The van der Waals surface area contributed by atoms with Crippen LogP contribution in [0.2, 0.25) is 0 Å². The maximum atomic E-state index is 13.7. The molecule has 6 nitrogen and oxygen atoms in total. The van der Waals surface area contributed by atoms with Gasteiger partial charge in [-0.2, -0.15) is 0 Å². The molecular weight excluding hydrogens is 365 g/mol. The number of hydrogen-bond donors (Lipinski definition) is 2. The molecule has 0 atom stereocenters. The van der Waals surface area contributed by atoms with Crippen LogP contribution in [0.4, 0.5) is 9.18 Å². The van der Waals surface area contributed by atoms with E-state index in [1.54, 1.807) is 25.3 Å². The van der Waals surface area contributed by atoms with Crippen molar-refractivity contribution in [1.82, 2.24) is 15.5 Å². The first-order valence-corrected chi connectivity index (χ1v) is 8.76. The van der Waals surface area contributed by atoms with E-state index in [9.17, 15) is 14.0 Å². The standard InChI is InChI=1S/C16H18FN3O3S2/c1-23-9-7-19-15(24)18-6-8-20-14(21)13(25-16(20)22)10-11-4-2-3-5-12(11)17/h2-5,10H,6-9H2,1H3,(H2,18,19,24)/b13-10-. The number of methoxy groups -OCH3 is 1. The molecule has 1 saturated heterocycles. The summed E-state index contributed by atoms with van der Waals surface area (Å²) in [4.78, 5) is 25.6. The van der Waals surface area contributed by atoms with Crippen molar-refractivity contribution >= 4 is 46.3 Å². The number of thioether (sulfide) groups is 1. The van der Waals surface area contributed by atoms with Crippen molar-refractivity contribution in [2.75, 3.05) is 33.4 Å². The summed E-state index contributed by atoms with van der Waals surface area (Å²) < 4.78 is 18.6. The Bertz CT molecular complexity index is 697. The second-order valence-electron chi connectivity index (χ2n) is 5.03. The van der Waals surface area contributed by atoms with Crippen molar-refractivity contribution in [2.24, 2.45) is 0 Å². The summed E-state index contributed by atoms with van der Waals surface area (Å²) in [5, 5.41) is 5.88. The summed E-state index contributed by atoms with van der Waals surface area (Å²) >= 11 is 5.87. The molecule has 9 heteroatoms. The van der Waals surface area contributed by atoms with Gasteiger partial charge in [-0.05, 0) is 36.1 Å². The lowest BCUT2D eigenvalue weighted by molar-refractivity contribution is -0.122. The van der Waals surface area contributed by atoms with Gasteiger partial charge in [-0.15, -0.1) is 0 Å². The van der Waals surface area contributed by atoms with Crippen LogP contribution in [0.25, 0.3) is 6.08 Å². The Labute approximate surface area is 154 Å². The van der Waals surface area contributed by atoms with Crippen molar-refractivity contribution in [2.45, 2.75) is 0 Å². The van der Waals surface area contributed by atoms with Crippen molar-refractivity contribution < 1.29 is 18.7 Å². The average Bonchev–Trinajstić information content (AvgIpc) is 2.84. The van der Waals surface area contributed by atoms with Crippen LogP contribution in [-0.2, 0) is 9.53 Å². The number of carbonyl (C=O) groups is 2. The van der Waals surface area contributed by atoms with Crippen LogP contribution < -0.4 is 10.6 Å². The molecule has 0 unspecified atom stereocenters. The molecule has 1 heterocycles. The van der Waals surface area contributed by atoms with Crippen LogP contribution in [0, 0.1) is 5.82 Å². The van der Waals surface area contributed by atoms with E-state index in [1.165, 1.54) is 12.1 Å². The van der Waals surface area contributed by atoms with Crippen LogP contribution in [0.1, 0.15) is 5.56 Å². The zero-order chi connectivity index (χ0) is 18.2. The summed E-state index contributed by atoms with van der Waals surface area (Å²) in [5.41, 5.74) is 0.273. The van der Waals surface area contributed by atoms with Crippen molar-refractivity contribution in [1.29, 1.82) is 0 Å². The van der Waals surface area contributed by atoms with Crippen molar-refractivity contribution in [3.63, 3.8) is 0 Å². The average molecular weight is 383 g/mol. The Morgan fingerprint density at radius 1 is 1.32 bits per heavy atom. The lowest BCUT2D eigenvalue weighted by Gasteiger charge is -2.14. The first-order valence-electron chi connectivity index (χ1n) is 7.53. The third-order valence-corrected chi connectivity index (χ3v) is 4.47. The minimum atomic E-state index is -0.441. The Hall–Kier alpha value is -1.97. The van der Waals surface area contributed by atoms with E-state index < -0.39 is 11.7 Å². The normalized spacial score (nSPS) is 15.8. The van der Waals surface area contributed by atoms with Gasteiger partial charge >= 0.3 is 0 Å². The molecule has 1 aromatic carbocycles. The highest BCUT2D eigenvalue weighted by Gasteiger charge is 2.34. The van der Waals surface area contributed by atoms with Gasteiger partial charge in [0.25, 0.3) is 11.1 Å².